The number of hydrogen-bond donors (Lipinski definition) is 3. The second-order valence-electron chi connectivity index (χ2n) is 4.37. The van der Waals surface area contributed by atoms with Gasteiger partial charge >= 0.3 is 0 Å². The Hall–Kier alpha value is -3.00. The third-order valence-corrected chi connectivity index (χ3v) is 2.74. The number of rotatable bonds is 4. The molecule has 0 atom stereocenters. The van der Waals surface area contributed by atoms with Crippen molar-refractivity contribution < 1.29 is 0 Å². The molecule has 2 heterocycles. The molecule has 0 amide bonds. The molecular formula is C13H14N8. The minimum absolute atomic E-state index is 0.255. The van der Waals surface area contributed by atoms with Gasteiger partial charge in [-0.3, -0.25) is 5.43 Å². The maximum absolute atomic E-state index is 5.40. The zero-order valence-electron chi connectivity index (χ0n) is 11.4. The minimum Gasteiger partial charge on any atom is -0.324 e. The summed E-state index contributed by atoms with van der Waals surface area (Å²) in [4.78, 5) is 12.7. The highest BCUT2D eigenvalue weighted by Crippen LogP contribution is 2.16. The lowest BCUT2D eigenvalue weighted by Gasteiger charge is -2.08. The number of aryl methyl sites for hydroxylation is 1. The van der Waals surface area contributed by atoms with E-state index in [9.17, 15) is 0 Å². The largest absolute Gasteiger partial charge is 0.324 e. The van der Waals surface area contributed by atoms with Gasteiger partial charge in [-0.25, -0.2) is 10.5 Å². The summed E-state index contributed by atoms with van der Waals surface area (Å²) < 4.78 is 1.53. The Morgan fingerprint density at radius 2 is 1.95 bits per heavy atom. The van der Waals surface area contributed by atoms with Crippen molar-refractivity contribution in [2.45, 2.75) is 6.92 Å². The summed E-state index contributed by atoms with van der Waals surface area (Å²) in [5.74, 6) is 6.41. The van der Waals surface area contributed by atoms with Crippen LogP contribution in [0.3, 0.4) is 0 Å². The number of nitrogens with zero attached hydrogens (tertiary/aromatic N) is 5. The molecule has 8 nitrogen and oxygen atoms in total. The van der Waals surface area contributed by atoms with Crippen LogP contribution in [0.5, 0.6) is 0 Å². The molecule has 0 unspecified atom stereocenters. The van der Waals surface area contributed by atoms with E-state index < -0.39 is 0 Å². The second kappa shape index (κ2) is 5.55. The first-order valence-corrected chi connectivity index (χ1v) is 6.31. The first kappa shape index (κ1) is 13.0. The number of hydrogen-bond acceptors (Lipinski definition) is 7. The highest BCUT2D eigenvalue weighted by molar-refractivity contribution is 5.55. The molecule has 0 bridgehead atoms. The van der Waals surface area contributed by atoms with Crippen LogP contribution in [0.15, 0.2) is 42.7 Å². The van der Waals surface area contributed by atoms with Crippen molar-refractivity contribution in [1.82, 2.24) is 24.7 Å². The third kappa shape index (κ3) is 2.95. The Labute approximate surface area is 121 Å². The molecule has 0 saturated carbocycles. The van der Waals surface area contributed by atoms with Crippen LogP contribution < -0.4 is 16.6 Å². The number of nitrogens with one attached hydrogen (secondary N) is 2. The van der Waals surface area contributed by atoms with Gasteiger partial charge < -0.3 is 5.32 Å². The summed E-state index contributed by atoms with van der Waals surface area (Å²) in [5, 5.41) is 7.21. The van der Waals surface area contributed by atoms with Crippen molar-refractivity contribution in [2.24, 2.45) is 5.84 Å². The van der Waals surface area contributed by atoms with Gasteiger partial charge in [0.2, 0.25) is 11.9 Å². The molecule has 1 aromatic carbocycles. The lowest BCUT2D eigenvalue weighted by atomic mass is 10.2. The molecule has 106 valence electrons. The van der Waals surface area contributed by atoms with Crippen LogP contribution in [-0.4, -0.2) is 24.7 Å². The summed E-state index contributed by atoms with van der Waals surface area (Å²) in [7, 11) is 0. The number of anilines is 3. The Bertz CT molecular complexity index is 738. The molecule has 0 aliphatic heterocycles. The number of benzene rings is 1. The molecule has 3 aromatic rings. The molecule has 0 spiro atoms. The SMILES string of the molecule is Cc1cccc(Nc2nc(NN)nc(-n3cccn3)n2)c1. The summed E-state index contributed by atoms with van der Waals surface area (Å²) in [6.07, 6.45) is 3.39. The van der Waals surface area contributed by atoms with Crippen molar-refractivity contribution in [3.63, 3.8) is 0 Å². The topological polar surface area (TPSA) is 107 Å². The fourth-order valence-electron chi connectivity index (χ4n) is 1.83. The first-order valence-electron chi connectivity index (χ1n) is 6.31. The molecule has 3 rings (SSSR count). The fourth-order valence-corrected chi connectivity index (χ4v) is 1.83. The highest BCUT2D eigenvalue weighted by Gasteiger charge is 2.08. The van der Waals surface area contributed by atoms with E-state index in [0.29, 0.717) is 11.9 Å². The monoisotopic (exact) mass is 282 g/mol. The van der Waals surface area contributed by atoms with Crippen molar-refractivity contribution in [3.05, 3.63) is 48.3 Å². The van der Waals surface area contributed by atoms with Gasteiger partial charge in [-0.1, -0.05) is 12.1 Å². The minimum atomic E-state index is 0.255. The Morgan fingerprint density at radius 1 is 1.10 bits per heavy atom. The zero-order valence-corrected chi connectivity index (χ0v) is 11.4. The van der Waals surface area contributed by atoms with Crippen LogP contribution in [0.1, 0.15) is 5.56 Å². The van der Waals surface area contributed by atoms with Crippen LogP contribution in [0.25, 0.3) is 5.95 Å². The average Bonchev–Trinajstić information content (AvgIpc) is 3.01. The van der Waals surface area contributed by atoms with Gasteiger partial charge in [-0.15, -0.1) is 0 Å². The van der Waals surface area contributed by atoms with Gasteiger partial charge in [0.15, 0.2) is 0 Å². The summed E-state index contributed by atoms with van der Waals surface area (Å²) in [6, 6.07) is 9.68. The van der Waals surface area contributed by atoms with E-state index in [0.717, 1.165) is 11.3 Å². The molecule has 21 heavy (non-hydrogen) atoms. The summed E-state index contributed by atoms with van der Waals surface area (Å²) in [5.41, 5.74) is 4.45. The molecule has 8 heteroatoms. The molecule has 0 aliphatic carbocycles. The number of nitrogens with two attached hydrogens (primary N) is 1. The van der Waals surface area contributed by atoms with E-state index in [-0.39, 0.29) is 5.95 Å². The average molecular weight is 282 g/mol. The maximum Gasteiger partial charge on any atom is 0.257 e. The predicted octanol–water partition coefficient (Wildman–Crippen LogP) is 1.39. The maximum atomic E-state index is 5.40. The van der Waals surface area contributed by atoms with Gasteiger partial charge in [-0.05, 0) is 30.7 Å². The molecule has 0 radical (unpaired) electrons. The van der Waals surface area contributed by atoms with Crippen molar-refractivity contribution >= 4 is 17.6 Å². The van der Waals surface area contributed by atoms with E-state index in [2.05, 4.69) is 30.8 Å². The van der Waals surface area contributed by atoms with Gasteiger partial charge in [-0.2, -0.15) is 20.1 Å². The molecule has 0 aliphatic rings. The van der Waals surface area contributed by atoms with Crippen molar-refractivity contribution in [3.8, 4) is 5.95 Å². The molecule has 0 fully saturated rings. The zero-order chi connectivity index (χ0) is 14.7. The van der Waals surface area contributed by atoms with Gasteiger partial charge in [0.05, 0.1) is 0 Å². The van der Waals surface area contributed by atoms with Crippen LogP contribution >= 0.6 is 0 Å². The Morgan fingerprint density at radius 3 is 2.67 bits per heavy atom. The van der Waals surface area contributed by atoms with Gasteiger partial charge in [0.25, 0.3) is 5.95 Å². The van der Waals surface area contributed by atoms with E-state index in [1.807, 2.05) is 31.2 Å². The molecule has 0 saturated heterocycles. The predicted molar refractivity (Wildman–Crippen MR) is 79.2 cm³/mol. The van der Waals surface area contributed by atoms with E-state index in [4.69, 9.17) is 5.84 Å². The summed E-state index contributed by atoms with van der Waals surface area (Å²) >= 11 is 0. The van der Waals surface area contributed by atoms with Crippen molar-refractivity contribution in [2.75, 3.05) is 10.7 Å². The standard InChI is InChI=1S/C13H14N8/c1-9-4-2-5-10(8-9)16-11-17-12(20-14)19-13(18-11)21-7-3-6-15-21/h2-8H,14H2,1H3,(H2,16,17,18,19,20). The highest BCUT2D eigenvalue weighted by atomic mass is 15.4. The normalized spacial score (nSPS) is 10.4. The number of hydrazine groups is 1. The molecule has 2 aromatic heterocycles. The number of nitrogen functional groups attached to an aromatic ring is 1. The smallest absolute Gasteiger partial charge is 0.257 e. The Balaban J connectivity index is 1.96. The Kier molecular flexibility index (Phi) is 3.44. The van der Waals surface area contributed by atoms with Crippen LogP contribution in [0.4, 0.5) is 17.6 Å². The lowest BCUT2D eigenvalue weighted by molar-refractivity contribution is 0.799. The van der Waals surface area contributed by atoms with E-state index in [1.165, 1.54) is 4.68 Å². The van der Waals surface area contributed by atoms with Gasteiger partial charge in [0.1, 0.15) is 0 Å². The van der Waals surface area contributed by atoms with Crippen molar-refractivity contribution in [1.29, 1.82) is 0 Å². The molecule has 4 N–H and O–H groups in total. The van der Waals surface area contributed by atoms with Crippen LogP contribution in [0, 0.1) is 6.92 Å². The first-order chi connectivity index (χ1) is 10.2. The third-order valence-electron chi connectivity index (χ3n) is 2.74. The fraction of sp³-hybridized carbons (Fsp3) is 0.0769. The quantitative estimate of drug-likeness (QED) is 0.490. The second-order valence-corrected chi connectivity index (χ2v) is 4.37. The number of aromatic nitrogens is 5. The van der Waals surface area contributed by atoms with Crippen LogP contribution in [-0.2, 0) is 0 Å². The van der Waals surface area contributed by atoms with Crippen LogP contribution in [0.2, 0.25) is 0 Å². The summed E-state index contributed by atoms with van der Waals surface area (Å²) in [6.45, 7) is 2.01. The lowest BCUT2D eigenvalue weighted by Crippen LogP contribution is -2.15. The van der Waals surface area contributed by atoms with E-state index >= 15 is 0 Å². The van der Waals surface area contributed by atoms with Gasteiger partial charge in [0, 0.05) is 18.1 Å². The molecular weight excluding hydrogens is 268 g/mol. The van der Waals surface area contributed by atoms with E-state index in [1.54, 1.807) is 18.5 Å².